The molecule has 2 N–H and O–H groups in total. The monoisotopic (exact) mass is 756 g/mol. The number of nitrogens with one attached hydrogen (secondary N) is 1. The summed E-state index contributed by atoms with van der Waals surface area (Å²) in [6, 6.07) is 9.69. The van der Waals surface area contributed by atoms with Crippen molar-refractivity contribution < 1.29 is 19.0 Å². The molecule has 4 fully saturated rings. The highest BCUT2D eigenvalue weighted by Crippen LogP contribution is 2.76. The molecule has 0 aromatic heterocycles. The second kappa shape index (κ2) is 14.5. The number of fused-ring (bicyclic) bond motifs is 7. The molecule has 0 heterocycles. The van der Waals surface area contributed by atoms with Crippen molar-refractivity contribution in [2.75, 3.05) is 13.2 Å². The second-order valence-corrected chi connectivity index (χ2v) is 21.6. The first-order valence-corrected chi connectivity index (χ1v) is 22.2. The van der Waals surface area contributed by atoms with Gasteiger partial charge >= 0.3 is 5.97 Å². The van der Waals surface area contributed by atoms with Crippen LogP contribution in [0.1, 0.15) is 151 Å². The van der Waals surface area contributed by atoms with Gasteiger partial charge in [-0.2, -0.15) is 0 Å². The molecule has 0 saturated heterocycles. The number of esters is 1. The molecule has 1 aromatic carbocycles. The maximum Gasteiger partial charge on any atom is 0.315 e. The highest BCUT2D eigenvalue weighted by molar-refractivity contribution is 5.78. The van der Waals surface area contributed by atoms with E-state index >= 15 is 0 Å². The third-order valence-electron chi connectivity index (χ3n) is 17.9. The molecular weight excluding hydrogens is 682 g/mol. The van der Waals surface area contributed by atoms with E-state index in [-0.39, 0.29) is 33.8 Å². The summed E-state index contributed by atoms with van der Waals surface area (Å²) < 4.78 is 20.5. The van der Waals surface area contributed by atoms with Gasteiger partial charge in [-0.05, 0) is 185 Å². The molecule has 6 aliphatic carbocycles. The molecule has 4 nitrogen and oxygen atoms in total. The van der Waals surface area contributed by atoms with Gasteiger partial charge in [-0.25, -0.2) is 4.39 Å². The Balaban J connectivity index is 1.10. The molecule has 0 amide bonds. The van der Waals surface area contributed by atoms with Gasteiger partial charge in [-0.15, -0.1) is 0 Å². The fourth-order valence-corrected chi connectivity index (χ4v) is 14.8. The average molecular weight is 756 g/mol. The van der Waals surface area contributed by atoms with Gasteiger partial charge in [-0.1, -0.05) is 89.3 Å². The first-order valence-electron chi connectivity index (χ1n) is 22.2. The van der Waals surface area contributed by atoms with E-state index < -0.39 is 23.7 Å². The lowest BCUT2D eigenvalue weighted by molar-refractivity contribution is -0.221. The second-order valence-electron chi connectivity index (χ2n) is 21.6. The molecule has 7 rings (SSSR count). The molecule has 10 atom stereocenters. The lowest BCUT2D eigenvalue weighted by atomic mass is 9.33. The van der Waals surface area contributed by atoms with Gasteiger partial charge < -0.3 is 15.2 Å². The van der Waals surface area contributed by atoms with Crippen LogP contribution in [-0.2, 0) is 16.1 Å². The van der Waals surface area contributed by atoms with Crippen LogP contribution in [0.3, 0.4) is 0 Å². The number of hydrogen-bond donors (Lipinski definition) is 2. The number of hydrogen-bond acceptors (Lipinski definition) is 4. The van der Waals surface area contributed by atoms with Crippen LogP contribution < -0.4 is 5.32 Å². The SMILES string of the molecule is C=C(C)[C@@H]1CC[C@]2(NCCCC(C)(C)O)CC[C@]3(C)[C@H](CC[C@@H]4[C@@]5(C)CC=C(C6=CC[C@](CF)(C(=O)OCc7ccccc7)CC6)C(C)(C)[C@@H]5CC[C@]43C)[C@@H]12. The van der Waals surface area contributed by atoms with Gasteiger partial charge in [-0.3, -0.25) is 4.79 Å². The number of halogens is 1. The zero-order valence-electron chi connectivity index (χ0n) is 35.8. The van der Waals surface area contributed by atoms with Crippen LogP contribution >= 0.6 is 0 Å². The predicted octanol–water partition coefficient (Wildman–Crippen LogP) is 11.9. The zero-order chi connectivity index (χ0) is 39.7. The first kappa shape index (κ1) is 40.9. The summed E-state index contributed by atoms with van der Waals surface area (Å²) in [5.74, 6) is 2.77. The Labute approximate surface area is 333 Å². The number of carbonyl (C=O) groups excluding carboxylic acids is 1. The lowest BCUT2D eigenvalue weighted by Crippen LogP contribution is -2.68. The minimum absolute atomic E-state index is 0.00667. The molecule has 4 saturated carbocycles. The van der Waals surface area contributed by atoms with E-state index in [1.54, 1.807) is 0 Å². The van der Waals surface area contributed by atoms with Crippen molar-refractivity contribution in [1.29, 1.82) is 0 Å². The maximum absolute atomic E-state index is 14.7. The van der Waals surface area contributed by atoms with Crippen LogP contribution in [0.2, 0.25) is 0 Å². The number of rotatable bonds is 11. The largest absolute Gasteiger partial charge is 0.460 e. The Kier molecular flexibility index (Phi) is 10.8. The normalized spacial score (nSPS) is 40.8. The van der Waals surface area contributed by atoms with E-state index in [0.29, 0.717) is 42.4 Å². The summed E-state index contributed by atoms with van der Waals surface area (Å²) in [4.78, 5) is 13.4. The molecule has 5 heteroatoms. The molecule has 0 spiro atoms. The van der Waals surface area contributed by atoms with Crippen LogP contribution in [0.25, 0.3) is 0 Å². The molecular formula is C50H74FNO3. The Hall–Kier alpha value is -2.24. The highest BCUT2D eigenvalue weighted by Gasteiger charge is 2.70. The summed E-state index contributed by atoms with van der Waals surface area (Å²) >= 11 is 0. The van der Waals surface area contributed by atoms with Crippen molar-refractivity contribution in [3.8, 4) is 0 Å². The van der Waals surface area contributed by atoms with E-state index in [9.17, 15) is 14.3 Å². The summed E-state index contributed by atoms with van der Waals surface area (Å²) in [5.41, 5.74) is 4.39. The molecule has 55 heavy (non-hydrogen) atoms. The highest BCUT2D eigenvalue weighted by atomic mass is 19.1. The van der Waals surface area contributed by atoms with Gasteiger partial charge in [0.15, 0.2) is 0 Å². The van der Waals surface area contributed by atoms with Crippen molar-refractivity contribution in [2.45, 2.75) is 163 Å². The average Bonchev–Trinajstić information content (AvgIpc) is 3.53. The predicted molar refractivity (Wildman–Crippen MR) is 223 cm³/mol. The van der Waals surface area contributed by atoms with Gasteiger partial charge in [0.05, 0.1) is 11.0 Å². The minimum Gasteiger partial charge on any atom is -0.460 e. The van der Waals surface area contributed by atoms with Crippen molar-refractivity contribution >= 4 is 5.97 Å². The van der Waals surface area contributed by atoms with E-state index in [1.165, 1.54) is 68.1 Å². The Bertz CT molecular complexity index is 1670. The number of benzene rings is 1. The van der Waals surface area contributed by atoms with Crippen LogP contribution in [0.5, 0.6) is 0 Å². The molecule has 0 unspecified atom stereocenters. The Morgan fingerprint density at radius 1 is 0.927 bits per heavy atom. The van der Waals surface area contributed by atoms with Crippen LogP contribution in [0.15, 0.2) is 65.8 Å². The third-order valence-corrected chi connectivity index (χ3v) is 17.9. The number of ether oxygens (including phenoxy) is 1. The minimum atomic E-state index is -1.08. The van der Waals surface area contributed by atoms with Crippen LogP contribution in [0, 0.1) is 56.7 Å². The van der Waals surface area contributed by atoms with E-state index in [2.05, 4.69) is 65.6 Å². The molecule has 304 valence electrons. The topological polar surface area (TPSA) is 58.6 Å². The van der Waals surface area contributed by atoms with E-state index in [0.717, 1.165) is 37.8 Å². The fourth-order valence-electron chi connectivity index (χ4n) is 14.8. The van der Waals surface area contributed by atoms with Crippen LogP contribution in [0.4, 0.5) is 4.39 Å². The maximum atomic E-state index is 14.7. The van der Waals surface area contributed by atoms with E-state index in [4.69, 9.17) is 4.74 Å². The van der Waals surface area contributed by atoms with E-state index in [1.807, 2.05) is 44.2 Å². The number of allylic oxidation sites excluding steroid dienone is 5. The van der Waals surface area contributed by atoms with Crippen molar-refractivity contribution in [2.24, 2.45) is 56.7 Å². The van der Waals surface area contributed by atoms with Gasteiger partial charge in [0.2, 0.25) is 0 Å². The molecule has 1 aromatic rings. The number of alkyl halides is 1. The molecule has 0 radical (unpaired) electrons. The summed E-state index contributed by atoms with van der Waals surface area (Å²) in [5, 5.41) is 14.6. The molecule has 6 aliphatic rings. The number of aliphatic hydroxyl groups is 1. The quantitative estimate of drug-likeness (QED) is 0.134. The standard InChI is InChI=1S/C50H74FNO3/c1-34(2)37-20-28-50(52-31-13-23-44(3,4)54)30-29-47(8)39(42(37)50)16-17-41-46(7)24-21-38(45(5,6)40(46)22-25-48(41,47)9)36-18-26-49(33-51,27-19-36)43(53)55-32-35-14-11-10-12-15-35/h10-12,14-15,18,21,37,39-42,52,54H,1,13,16-17,19-20,22-33H2,2-9H3/t37-,39+,40-,41+,42+,46-,47+,48+,49-,50-/m0/s1. The van der Waals surface area contributed by atoms with Gasteiger partial charge in [0.25, 0.3) is 0 Å². The number of carbonyl (C=O) groups is 1. The molecule has 0 bridgehead atoms. The van der Waals surface area contributed by atoms with Gasteiger partial charge in [0, 0.05) is 5.54 Å². The summed E-state index contributed by atoms with van der Waals surface area (Å²) in [6.45, 7) is 24.4. The first-order chi connectivity index (χ1) is 25.9. The molecule has 0 aliphatic heterocycles. The summed E-state index contributed by atoms with van der Waals surface area (Å²) in [7, 11) is 0. The fraction of sp³-hybridized carbons (Fsp3) is 0.740. The Morgan fingerprint density at radius 2 is 1.67 bits per heavy atom. The van der Waals surface area contributed by atoms with Crippen molar-refractivity contribution in [3.63, 3.8) is 0 Å². The summed E-state index contributed by atoms with van der Waals surface area (Å²) in [6.07, 6.45) is 19.6. The van der Waals surface area contributed by atoms with Crippen molar-refractivity contribution in [1.82, 2.24) is 5.32 Å². The lowest BCUT2D eigenvalue weighted by Gasteiger charge is -2.72. The third kappa shape index (κ3) is 6.75. The van der Waals surface area contributed by atoms with Gasteiger partial charge in [0.1, 0.15) is 13.3 Å². The Morgan fingerprint density at radius 3 is 2.33 bits per heavy atom. The van der Waals surface area contributed by atoms with Crippen LogP contribution in [-0.4, -0.2) is 35.4 Å². The zero-order valence-corrected chi connectivity index (χ0v) is 35.8. The smallest absolute Gasteiger partial charge is 0.315 e. The van der Waals surface area contributed by atoms with Crippen molar-refractivity contribution in [3.05, 3.63) is 71.3 Å².